The number of hydrogen-bond donors (Lipinski definition) is 0. The van der Waals surface area contributed by atoms with Gasteiger partial charge in [0.25, 0.3) is 0 Å². The molecule has 0 radical (unpaired) electrons. The third-order valence-electron chi connectivity index (χ3n) is 6.78. The Morgan fingerprint density at radius 2 is 1.40 bits per heavy atom. The van der Waals surface area contributed by atoms with E-state index in [9.17, 15) is 0 Å². The molecule has 30 heavy (non-hydrogen) atoms. The van der Waals surface area contributed by atoms with Crippen LogP contribution in [0.1, 0.15) is 44.1 Å². The largest absolute Gasteiger partial charge is 1.00 e. The topological polar surface area (TPSA) is 0 Å². The molecule has 0 bridgehead atoms. The first-order chi connectivity index (χ1) is 13.2. The molecule has 1 unspecified atom stereocenters. The molecule has 4 rings (SSSR count). The summed E-state index contributed by atoms with van der Waals surface area (Å²) in [5.41, 5.74) is 3.99. The Morgan fingerprint density at radius 1 is 0.833 bits per heavy atom. The first-order valence-electron chi connectivity index (χ1n) is 10.4. The normalized spacial score (nSPS) is 18.4. The van der Waals surface area contributed by atoms with Crippen molar-refractivity contribution < 1.29 is 57.7 Å². The van der Waals surface area contributed by atoms with Gasteiger partial charge in [0.1, 0.15) is 0 Å². The van der Waals surface area contributed by atoms with E-state index in [4.69, 9.17) is 0 Å². The minimum Gasteiger partial charge on any atom is -1.00 e. The van der Waals surface area contributed by atoms with Crippen molar-refractivity contribution in [3.63, 3.8) is 0 Å². The Hall–Kier alpha value is -0.279. The van der Waals surface area contributed by atoms with Gasteiger partial charge < -0.3 is 37.2 Å². The summed E-state index contributed by atoms with van der Waals surface area (Å²) in [6, 6.07) is 22.6. The van der Waals surface area contributed by atoms with E-state index in [2.05, 4.69) is 93.7 Å². The van der Waals surface area contributed by atoms with Gasteiger partial charge >= 0.3 is 178 Å². The van der Waals surface area contributed by atoms with E-state index in [-0.39, 0.29) is 37.2 Å². The van der Waals surface area contributed by atoms with Gasteiger partial charge in [0.2, 0.25) is 0 Å². The smallest absolute Gasteiger partial charge is 1.00 e. The van der Waals surface area contributed by atoms with Crippen LogP contribution in [0.25, 0.3) is 0 Å². The zero-order chi connectivity index (χ0) is 18.7. The van der Waals surface area contributed by atoms with Crippen LogP contribution in [0.2, 0.25) is 12.1 Å². The molecule has 0 N–H and O–H groups in total. The van der Waals surface area contributed by atoms with E-state index in [0.29, 0.717) is 0 Å². The fourth-order valence-corrected chi connectivity index (χ4v) is 11.0. The van der Waals surface area contributed by atoms with Gasteiger partial charge in [-0.15, -0.1) is 0 Å². The molecule has 2 aromatic rings. The van der Waals surface area contributed by atoms with Crippen LogP contribution in [0.15, 0.2) is 81.4 Å². The summed E-state index contributed by atoms with van der Waals surface area (Å²) in [7, 11) is -1.75. The molecule has 158 valence electrons. The summed E-state index contributed by atoms with van der Waals surface area (Å²) in [5, 5.41) is 3.39. The molecule has 1 fully saturated rings. The molecule has 0 nitrogen and oxygen atoms in total. The molecular formula is C25H29Cl3SiTi. The van der Waals surface area contributed by atoms with Gasteiger partial charge in [-0.3, -0.25) is 0 Å². The van der Waals surface area contributed by atoms with E-state index < -0.39 is 8.07 Å². The van der Waals surface area contributed by atoms with Crippen molar-refractivity contribution in [3.05, 3.63) is 87.0 Å². The number of allylic oxidation sites excluding steroid dienone is 4. The second-order valence-electron chi connectivity index (χ2n) is 8.34. The second-order valence-corrected chi connectivity index (χ2v) is 13.6. The molecule has 0 spiro atoms. The maximum absolute atomic E-state index is 2.67. The third-order valence-corrected chi connectivity index (χ3v) is 12.9. The Kier molecular flexibility index (Phi) is 11.7. The van der Waals surface area contributed by atoms with Crippen LogP contribution >= 0.6 is 0 Å². The number of rotatable bonds is 5. The summed E-state index contributed by atoms with van der Waals surface area (Å²) in [5.74, 6) is 0. The van der Waals surface area contributed by atoms with Gasteiger partial charge in [0.05, 0.1) is 0 Å². The molecule has 2 aliphatic carbocycles. The van der Waals surface area contributed by atoms with E-state index in [0.717, 1.165) is 18.4 Å². The molecule has 0 saturated heterocycles. The third kappa shape index (κ3) is 5.74. The first kappa shape index (κ1) is 27.8. The molecule has 1 saturated carbocycles. The van der Waals surface area contributed by atoms with Crippen LogP contribution in [-0.4, -0.2) is 8.07 Å². The minimum absolute atomic E-state index is 0. The molecule has 0 amide bonds. The zero-order valence-corrected chi connectivity index (χ0v) is 22.3. The Morgan fingerprint density at radius 3 is 2.00 bits per heavy atom. The van der Waals surface area contributed by atoms with E-state index >= 15 is 0 Å². The molecule has 2 aliphatic rings. The van der Waals surface area contributed by atoms with Gasteiger partial charge in [-0.05, 0) is 0 Å². The van der Waals surface area contributed by atoms with Crippen molar-refractivity contribution >= 4 is 13.3 Å². The minimum atomic E-state index is -1.75. The van der Waals surface area contributed by atoms with Crippen LogP contribution in [0.3, 0.4) is 0 Å². The number of halogens is 3. The summed E-state index contributed by atoms with van der Waals surface area (Å²) < 4.78 is 1.60. The van der Waals surface area contributed by atoms with Gasteiger partial charge in [-0.1, -0.05) is 0 Å². The van der Waals surface area contributed by atoms with Crippen molar-refractivity contribution in [2.75, 3.05) is 0 Å². The van der Waals surface area contributed by atoms with Crippen molar-refractivity contribution in [3.8, 4) is 0 Å². The predicted molar refractivity (Wildman–Crippen MR) is 114 cm³/mol. The molecule has 5 heteroatoms. The molecule has 0 aromatic heterocycles. The SMILES string of the molecule is C[Si](C1=CC[C]([Ti+3])=C1Cc1ccccc1)(c1ccccc1)C1CCCCC1.[Cl-].[Cl-].[Cl-]. The molecule has 0 heterocycles. The van der Waals surface area contributed by atoms with Gasteiger partial charge in [-0.25, -0.2) is 0 Å². The number of hydrogen-bond acceptors (Lipinski definition) is 0. The van der Waals surface area contributed by atoms with Crippen molar-refractivity contribution in [2.45, 2.75) is 57.0 Å². The monoisotopic (exact) mass is 510 g/mol. The molecule has 1 atom stereocenters. The summed E-state index contributed by atoms with van der Waals surface area (Å²) in [6.07, 6.45) is 12.0. The molecular weight excluding hydrogens is 483 g/mol. The summed E-state index contributed by atoms with van der Waals surface area (Å²) in [6.45, 7) is 2.67. The second kappa shape index (κ2) is 12.7. The molecule has 0 aliphatic heterocycles. The fraction of sp³-hybridized carbons (Fsp3) is 0.360. The van der Waals surface area contributed by atoms with E-state index in [1.807, 2.05) is 0 Å². The predicted octanol–water partition coefficient (Wildman–Crippen LogP) is -2.77. The Bertz CT molecular complexity index is 845. The Balaban J connectivity index is 0.00000150. The summed E-state index contributed by atoms with van der Waals surface area (Å²) >= 11 is 2.36. The maximum Gasteiger partial charge on any atom is -1.00 e. The van der Waals surface area contributed by atoms with Crippen LogP contribution in [0.4, 0.5) is 0 Å². The van der Waals surface area contributed by atoms with Crippen LogP contribution < -0.4 is 42.4 Å². The molecule has 2 aromatic carbocycles. The summed E-state index contributed by atoms with van der Waals surface area (Å²) in [4.78, 5) is 0. The van der Waals surface area contributed by atoms with Crippen LogP contribution in [-0.2, 0) is 26.9 Å². The van der Waals surface area contributed by atoms with Gasteiger partial charge in [0, 0.05) is 0 Å². The average Bonchev–Trinajstić information content (AvgIpc) is 3.10. The van der Waals surface area contributed by atoms with Crippen molar-refractivity contribution in [1.29, 1.82) is 0 Å². The Labute approximate surface area is 213 Å². The van der Waals surface area contributed by atoms with E-state index in [1.165, 1.54) is 37.7 Å². The van der Waals surface area contributed by atoms with Crippen LogP contribution in [0, 0.1) is 0 Å². The van der Waals surface area contributed by atoms with Crippen LogP contribution in [0.5, 0.6) is 0 Å². The first-order valence-corrected chi connectivity index (χ1v) is 13.8. The van der Waals surface area contributed by atoms with Gasteiger partial charge in [-0.2, -0.15) is 0 Å². The fourth-order valence-electron chi connectivity index (χ4n) is 5.22. The van der Waals surface area contributed by atoms with Crippen molar-refractivity contribution in [1.82, 2.24) is 0 Å². The van der Waals surface area contributed by atoms with E-state index in [1.54, 1.807) is 19.8 Å². The maximum atomic E-state index is 2.67. The number of benzene rings is 2. The van der Waals surface area contributed by atoms with Gasteiger partial charge in [0.15, 0.2) is 0 Å². The zero-order valence-electron chi connectivity index (χ0n) is 17.5. The average molecular weight is 512 g/mol. The standard InChI is InChI=1S/C25H29Si.3ClH.Ti/c1-26(23-15-7-3-8-16-23,24-17-9-4-10-18-24)25-19-11-14-22(25)20-21-12-5-2-6-13-21;;;;/h2-3,5-8,12-13,15-16,19,24H,4,9-11,17-18,20H2,1H3;3*1H;/q;;;;+3/p-3. The van der Waals surface area contributed by atoms with Crippen molar-refractivity contribution in [2.24, 2.45) is 0 Å². The quantitative estimate of drug-likeness (QED) is 0.382.